The first kappa shape index (κ1) is 31.9. The maximum Gasteiger partial charge on any atom is -0.00112 e. The predicted octanol–water partition coefficient (Wildman–Crippen LogP) is 14.8. The van der Waals surface area contributed by atoms with E-state index in [9.17, 15) is 0 Å². The van der Waals surface area contributed by atoms with Crippen molar-refractivity contribution in [1.29, 1.82) is 0 Å². The summed E-state index contributed by atoms with van der Waals surface area (Å²) in [7, 11) is 0. The standard InChI is InChI=1S/C54H38/c1-9-34-23-18-24-40-48(34)32(7)47-30(5)43-27-42-31(6)49-39(44(42)28-45(43)52(53(40)47)36-21-16-13-17-22-36)25-26-41-50(49)33(8)46-29(4)37(10-2)38(11-3)51(54(41)46)35-19-14-12-15-20-35/h9-28H,1-3,6-8H2,4-5H3. The second-order valence-corrected chi connectivity index (χ2v) is 14.7. The first-order valence-corrected chi connectivity index (χ1v) is 18.5. The van der Waals surface area contributed by atoms with Crippen LogP contribution in [0.5, 0.6) is 0 Å². The van der Waals surface area contributed by atoms with E-state index in [0.29, 0.717) is 0 Å². The molecule has 7 aromatic rings. The lowest BCUT2D eigenvalue weighted by atomic mass is 9.83. The van der Waals surface area contributed by atoms with Crippen LogP contribution in [0.15, 0.2) is 143 Å². The van der Waals surface area contributed by atoms with Gasteiger partial charge in [0.15, 0.2) is 0 Å². The summed E-state index contributed by atoms with van der Waals surface area (Å²) in [5.41, 5.74) is 28.0. The van der Waals surface area contributed by atoms with Gasteiger partial charge in [0.1, 0.15) is 0 Å². The average Bonchev–Trinajstić information content (AvgIpc) is 3.78. The molecule has 0 spiro atoms. The molecule has 0 aliphatic heterocycles. The van der Waals surface area contributed by atoms with E-state index in [4.69, 9.17) is 19.7 Å². The van der Waals surface area contributed by atoms with Crippen molar-refractivity contribution in [2.24, 2.45) is 0 Å². The fourth-order valence-corrected chi connectivity index (χ4v) is 10.00. The molecular formula is C54H38. The highest BCUT2D eigenvalue weighted by Crippen LogP contribution is 2.60. The lowest BCUT2D eigenvalue weighted by molar-refractivity contribution is 1.40. The third-order valence-electron chi connectivity index (χ3n) is 12.3. The fraction of sp³-hybridized carbons (Fsp3) is 0.0370. The molecule has 0 saturated heterocycles. The molecule has 0 aromatic heterocycles. The number of hydrogen-bond acceptors (Lipinski definition) is 0. The van der Waals surface area contributed by atoms with Crippen molar-refractivity contribution in [2.75, 3.05) is 0 Å². The second-order valence-electron chi connectivity index (χ2n) is 14.7. The van der Waals surface area contributed by atoms with Crippen molar-refractivity contribution in [3.8, 4) is 55.6 Å². The van der Waals surface area contributed by atoms with E-state index in [2.05, 4.69) is 137 Å². The van der Waals surface area contributed by atoms with Gasteiger partial charge < -0.3 is 0 Å². The van der Waals surface area contributed by atoms with E-state index < -0.39 is 0 Å². The molecule has 0 N–H and O–H groups in total. The van der Waals surface area contributed by atoms with Crippen molar-refractivity contribution in [3.63, 3.8) is 0 Å². The summed E-state index contributed by atoms with van der Waals surface area (Å²) in [4.78, 5) is 0. The molecule has 0 nitrogen and oxygen atoms in total. The predicted molar refractivity (Wildman–Crippen MR) is 235 cm³/mol. The molecule has 0 unspecified atom stereocenters. The lowest BCUT2D eigenvalue weighted by Crippen LogP contribution is -1.98. The Morgan fingerprint density at radius 3 is 1.59 bits per heavy atom. The molecule has 3 aliphatic rings. The van der Waals surface area contributed by atoms with E-state index in [1.165, 1.54) is 105 Å². The summed E-state index contributed by atoms with van der Waals surface area (Å²) in [6.07, 6.45) is 5.90. The van der Waals surface area contributed by atoms with Crippen LogP contribution in [-0.4, -0.2) is 0 Å². The van der Waals surface area contributed by atoms with Crippen LogP contribution in [0.2, 0.25) is 0 Å². The van der Waals surface area contributed by atoms with Gasteiger partial charge in [-0.2, -0.15) is 0 Å². The molecule has 0 heterocycles. The molecule has 0 saturated carbocycles. The molecular weight excluding hydrogens is 649 g/mol. The molecule has 0 heteroatoms. The van der Waals surface area contributed by atoms with Gasteiger partial charge in [-0.3, -0.25) is 0 Å². The Hall–Kier alpha value is -6.76. The summed E-state index contributed by atoms with van der Waals surface area (Å²) in [6.45, 7) is 31.5. The van der Waals surface area contributed by atoms with E-state index >= 15 is 0 Å². The summed E-state index contributed by atoms with van der Waals surface area (Å²) >= 11 is 0. The number of benzene rings is 7. The van der Waals surface area contributed by atoms with Gasteiger partial charge in [-0.1, -0.05) is 149 Å². The van der Waals surface area contributed by atoms with Gasteiger partial charge in [0.2, 0.25) is 0 Å². The molecule has 54 heavy (non-hydrogen) atoms. The zero-order valence-electron chi connectivity index (χ0n) is 30.8. The zero-order valence-corrected chi connectivity index (χ0v) is 30.8. The quantitative estimate of drug-likeness (QED) is 0.169. The number of aryl methyl sites for hydroxylation is 1. The Morgan fingerprint density at radius 2 is 0.926 bits per heavy atom. The number of fused-ring (bicyclic) bond motifs is 11. The molecule has 0 amide bonds. The summed E-state index contributed by atoms with van der Waals surface area (Å²) < 4.78 is 0. The largest absolute Gasteiger partial charge is 0.0984 e. The summed E-state index contributed by atoms with van der Waals surface area (Å²) in [5, 5.41) is 2.46. The van der Waals surface area contributed by atoms with Gasteiger partial charge >= 0.3 is 0 Å². The van der Waals surface area contributed by atoms with E-state index in [1.54, 1.807) is 0 Å². The van der Waals surface area contributed by atoms with E-state index in [-0.39, 0.29) is 0 Å². The summed E-state index contributed by atoms with van der Waals surface area (Å²) in [6, 6.07) is 37.5. The fourth-order valence-electron chi connectivity index (χ4n) is 10.00. The van der Waals surface area contributed by atoms with Crippen LogP contribution in [0.3, 0.4) is 0 Å². The Bertz CT molecular complexity index is 2960. The van der Waals surface area contributed by atoms with Gasteiger partial charge in [0.05, 0.1) is 0 Å². The first-order valence-electron chi connectivity index (χ1n) is 18.5. The molecule has 0 fully saturated rings. The van der Waals surface area contributed by atoms with Crippen molar-refractivity contribution in [1.82, 2.24) is 0 Å². The van der Waals surface area contributed by atoms with Crippen molar-refractivity contribution in [2.45, 2.75) is 13.8 Å². The average molecular weight is 687 g/mol. The molecule has 3 aliphatic carbocycles. The van der Waals surface area contributed by atoms with Crippen LogP contribution in [0.4, 0.5) is 0 Å². The van der Waals surface area contributed by atoms with Crippen LogP contribution in [-0.2, 0) is 0 Å². The minimum Gasteiger partial charge on any atom is -0.0984 e. The first-order chi connectivity index (χ1) is 26.3. The molecule has 7 aromatic carbocycles. The van der Waals surface area contributed by atoms with Crippen LogP contribution in [0.25, 0.3) is 101 Å². The molecule has 0 bridgehead atoms. The monoisotopic (exact) mass is 686 g/mol. The summed E-state index contributed by atoms with van der Waals surface area (Å²) in [5.74, 6) is 0. The van der Waals surface area contributed by atoms with Gasteiger partial charge in [0.25, 0.3) is 0 Å². The third-order valence-corrected chi connectivity index (χ3v) is 12.3. The van der Waals surface area contributed by atoms with Crippen LogP contribution in [0.1, 0.15) is 61.2 Å². The minimum atomic E-state index is 1.04. The molecule has 0 atom stereocenters. The Kier molecular flexibility index (Phi) is 6.72. The zero-order chi connectivity index (χ0) is 37.2. The second kappa shape index (κ2) is 11.4. The van der Waals surface area contributed by atoms with Crippen molar-refractivity contribution >= 4 is 45.7 Å². The highest BCUT2D eigenvalue weighted by atomic mass is 14.4. The van der Waals surface area contributed by atoms with Gasteiger partial charge in [0, 0.05) is 0 Å². The topological polar surface area (TPSA) is 0 Å². The highest BCUT2D eigenvalue weighted by molar-refractivity contribution is 6.21. The smallest absolute Gasteiger partial charge is 0.00112 e. The van der Waals surface area contributed by atoms with E-state index in [1.807, 2.05) is 18.2 Å². The van der Waals surface area contributed by atoms with Gasteiger partial charge in [-0.15, -0.1) is 0 Å². The lowest BCUT2D eigenvalue weighted by Gasteiger charge is -2.20. The normalized spacial score (nSPS) is 13.0. The highest BCUT2D eigenvalue weighted by Gasteiger charge is 2.37. The van der Waals surface area contributed by atoms with Crippen LogP contribution >= 0.6 is 0 Å². The SMILES string of the molecule is C=Cc1cccc2c1C(=C)c1c-2c(-c2ccccc2)c2cc3c(cc2c1C)C(=C)c1c-3ccc2c1C(=C)c1c(C)c(C=C)c(C=C)c(-c3ccccc3)c1-2. The Morgan fingerprint density at radius 1 is 0.370 bits per heavy atom. The third kappa shape index (κ3) is 3.92. The number of hydrogen-bond donors (Lipinski definition) is 0. The van der Waals surface area contributed by atoms with Gasteiger partial charge in [-0.25, -0.2) is 0 Å². The van der Waals surface area contributed by atoms with E-state index in [0.717, 1.165) is 39.0 Å². The Labute approximate surface area is 317 Å². The minimum absolute atomic E-state index is 1.04. The molecule has 0 radical (unpaired) electrons. The molecule has 254 valence electrons. The maximum atomic E-state index is 4.84. The number of rotatable bonds is 5. The van der Waals surface area contributed by atoms with Crippen molar-refractivity contribution in [3.05, 3.63) is 204 Å². The Balaban J connectivity index is 1.28. The maximum absolute atomic E-state index is 4.84. The van der Waals surface area contributed by atoms with Crippen LogP contribution in [0, 0.1) is 13.8 Å². The van der Waals surface area contributed by atoms with Crippen LogP contribution < -0.4 is 0 Å². The van der Waals surface area contributed by atoms with Gasteiger partial charge in [-0.05, 0) is 170 Å². The van der Waals surface area contributed by atoms with Crippen molar-refractivity contribution < 1.29 is 0 Å². The molecule has 10 rings (SSSR count).